The van der Waals surface area contributed by atoms with Gasteiger partial charge in [0.2, 0.25) is 17.7 Å². The average molecular weight is 455 g/mol. The van der Waals surface area contributed by atoms with E-state index in [9.17, 15) is 14.4 Å². The van der Waals surface area contributed by atoms with Gasteiger partial charge in [0.15, 0.2) is 0 Å². The largest absolute Gasteiger partial charge is 0.342 e. The van der Waals surface area contributed by atoms with Gasteiger partial charge in [0.25, 0.3) is 0 Å². The summed E-state index contributed by atoms with van der Waals surface area (Å²) in [5.74, 6) is 0.572. The van der Waals surface area contributed by atoms with Crippen molar-refractivity contribution in [2.24, 2.45) is 5.92 Å². The highest BCUT2D eigenvalue weighted by Crippen LogP contribution is 2.26. The van der Waals surface area contributed by atoms with Gasteiger partial charge >= 0.3 is 0 Å². The topological polar surface area (TPSA) is 64.2 Å². The molecule has 0 N–H and O–H groups in total. The van der Waals surface area contributed by atoms with E-state index in [1.807, 2.05) is 35.8 Å². The summed E-state index contributed by atoms with van der Waals surface area (Å²) in [6.45, 7) is 9.39. The number of piperidine rings is 1. The normalized spacial score (nSPS) is 21.8. The van der Waals surface area contributed by atoms with Crippen LogP contribution >= 0.6 is 0 Å². The third-order valence-corrected chi connectivity index (χ3v) is 7.19. The fourth-order valence-electron chi connectivity index (χ4n) is 5.24. The van der Waals surface area contributed by atoms with E-state index in [0.717, 1.165) is 37.1 Å². The van der Waals surface area contributed by atoms with Crippen LogP contribution in [0.5, 0.6) is 0 Å². The maximum atomic E-state index is 13.6. The summed E-state index contributed by atoms with van der Waals surface area (Å²) < 4.78 is 0. The van der Waals surface area contributed by atoms with Crippen molar-refractivity contribution in [3.8, 4) is 0 Å². The van der Waals surface area contributed by atoms with E-state index in [2.05, 4.69) is 17.0 Å². The second kappa shape index (κ2) is 10.7. The number of hydrogen-bond acceptors (Lipinski definition) is 4. The maximum Gasteiger partial charge on any atom is 0.245 e. The van der Waals surface area contributed by atoms with Crippen molar-refractivity contribution in [3.63, 3.8) is 0 Å². The van der Waals surface area contributed by atoms with Gasteiger partial charge < -0.3 is 14.7 Å². The lowest BCUT2D eigenvalue weighted by atomic mass is 9.92. The summed E-state index contributed by atoms with van der Waals surface area (Å²) in [6, 6.07) is 7.70. The Hall–Kier alpha value is -2.41. The number of rotatable bonds is 5. The van der Waals surface area contributed by atoms with Crippen LogP contribution < -0.4 is 0 Å². The number of hydrogen-bond donors (Lipinski definition) is 0. The Bertz CT molecular complexity index is 857. The van der Waals surface area contributed by atoms with E-state index in [0.29, 0.717) is 52.1 Å². The molecule has 0 aromatic heterocycles. The Morgan fingerprint density at radius 3 is 2.18 bits per heavy atom. The Labute approximate surface area is 197 Å². The summed E-state index contributed by atoms with van der Waals surface area (Å²) in [4.78, 5) is 47.1. The van der Waals surface area contributed by atoms with Crippen molar-refractivity contribution in [2.45, 2.75) is 58.5 Å². The molecule has 1 atom stereocenters. The number of nitrogens with zero attached hydrogens (tertiary/aromatic N) is 4. The van der Waals surface area contributed by atoms with Crippen molar-refractivity contribution in [2.75, 3.05) is 45.8 Å². The van der Waals surface area contributed by atoms with Gasteiger partial charge in [0.05, 0.1) is 6.54 Å². The molecule has 33 heavy (non-hydrogen) atoms. The van der Waals surface area contributed by atoms with Crippen LogP contribution in [0.4, 0.5) is 0 Å². The van der Waals surface area contributed by atoms with E-state index < -0.39 is 6.04 Å². The van der Waals surface area contributed by atoms with Gasteiger partial charge in [0, 0.05) is 58.7 Å². The molecular weight excluding hydrogens is 416 g/mol. The van der Waals surface area contributed by atoms with Crippen LogP contribution in [-0.4, -0.2) is 89.2 Å². The number of benzene rings is 1. The SMILES string of the molecule is CC(C)CC(=O)N1Cc2ccccc2CC1C(=O)N1CCN(CC(=O)N2CCCCC2)CC1. The predicted octanol–water partition coefficient (Wildman–Crippen LogP) is 2.14. The van der Waals surface area contributed by atoms with Crippen LogP contribution in [-0.2, 0) is 27.3 Å². The van der Waals surface area contributed by atoms with E-state index in [1.54, 1.807) is 4.90 Å². The number of piperazine rings is 1. The standard InChI is InChI=1S/C26H38N4O3/c1-20(2)16-24(31)30-18-22-9-5-4-8-21(22)17-23(30)26(33)29-14-12-27(13-15-29)19-25(32)28-10-6-3-7-11-28/h4-5,8-9,20,23H,3,6-7,10-19H2,1-2H3. The van der Waals surface area contributed by atoms with Crippen molar-refractivity contribution < 1.29 is 14.4 Å². The zero-order chi connectivity index (χ0) is 23.4. The number of amides is 3. The van der Waals surface area contributed by atoms with Gasteiger partial charge in [-0.3, -0.25) is 19.3 Å². The van der Waals surface area contributed by atoms with Crippen LogP contribution in [0.15, 0.2) is 24.3 Å². The molecule has 4 rings (SSSR count). The first kappa shape index (κ1) is 23.7. The monoisotopic (exact) mass is 454 g/mol. The van der Waals surface area contributed by atoms with Crippen molar-refractivity contribution in [1.29, 1.82) is 0 Å². The first-order valence-electron chi connectivity index (χ1n) is 12.6. The molecule has 2 saturated heterocycles. The summed E-state index contributed by atoms with van der Waals surface area (Å²) in [7, 11) is 0. The molecule has 2 fully saturated rings. The Kier molecular flexibility index (Phi) is 7.68. The predicted molar refractivity (Wildman–Crippen MR) is 127 cm³/mol. The summed E-state index contributed by atoms with van der Waals surface area (Å²) in [5, 5.41) is 0. The summed E-state index contributed by atoms with van der Waals surface area (Å²) in [5.41, 5.74) is 2.30. The van der Waals surface area contributed by atoms with Crippen LogP contribution in [0.2, 0.25) is 0 Å². The lowest BCUT2D eigenvalue weighted by Gasteiger charge is -2.41. The molecule has 3 aliphatic rings. The molecule has 1 aromatic carbocycles. The number of carbonyl (C=O) groups excluding carboxylic acids is 3. The van der Waals surface area contributed by atoms with Crippen LogP contribution in [0.1, 0.15) is 50.7 Å². The van der Waals surface area contributed by atoms with Gasteiger partial charge in [-0.2, -0.15) is 0 Å². The molecule has 0 bridgehead atoms. The highest BCUT2D eigenvalue weighted by atomic mass is 16.2. The third-order valence-electron chi connectivity index (χ3n) is 7.19. The molecule has 3 amide bonds. The second-order valence-corrected chi connectivity index (χ2v) is 10.2. The van der Waals surface area contributed by atoms with Crippen molar-refractivity contribution >= 4 is 17.7 Å². The molecule has 3 heterocycles. The van der Waals surface area contributed by atoms with E-state index >= 15 is 0 Å². The minimum Gasteiger partial charge on any atom is -0.342 e. The fourth-order valence-corrected chi connectivity index (χ4v) is 5.24. The van der Waals surface area contributed by atoms with Gasteiger partial charge in [-0.05, 0) is 36.3 Å². The van der Waals surface area contributed by atoms with Gasteiger partial charge in [-0.1, -0.05) is 38.1 Å². The first-order valence-corrected chi connectivity index (χ1v) is 12.6. The van der Waals surface area contributed by atoms with Crippen LogP contribution in [0.25, 0.3) is 0 Å². The lowest BCUT2D eigenvalue weighted by Crippen LogP contribution is -2.58. The molecule has 1 unspecified atom stereocenters. The van der Waals surface area contributed by atoms with Gasteiger partial charge in [0.1, 0.15) is 6.04 Å². The number of carbonyl (C=O) groups is 3. The first-order chi connectivity index (χ1) is 15.9. The highest BCUT2D eigenvalue weighted by molar-refractivity contribution is 5.88. The van der Waals surface area contributed by atoms with E-state index in [1.165, 1.54) is 6.42 Å². The van der Waals surface area contributed by atoms with Crippen LogP contribution in [0.3, 0.4) is 0 Å². The molecule has 0 radical (unpaired) electrons. The Balaban J connectivity index is 1.37. The smallest absolute Gasteiger partial charge is 0.245 e. The molecule has 180 valence electrons. The fraction of sp³-hybridized carbons (Fsp3) is 0.654. The zero-order valence-corrected chi connectivity index (χ0v) is 20.2. The van der Waals surface area contributed by atoms with E-state index in [-0.39, 0.29) is 23.6 Å². The Morgan fingerprint density at radius 2 is 1.52 bits per heavy atom. The zero-order valence-electron chi connectivity index (χ0n) is 20.2. The van der Waals surface area contributed by atoms with E-state index in [4.69, 9.17) is 0 Å². The summed E-state index contributed by atoms with van der Waals surface area (Å²) >= 11 is 0. The Morgan fingerprint density at radius 1 is 0.848 bits per heavy atom. The van der Waals surface area contributed by atoms with Crippen molar-refractivity contribution in [1.82, 2.24) is 19.6 Å². The highest BCUT2D eigenvalue weighted by Gasteiger charge is 2.37. The molecule has 0 saturated carbocycles. The minimum atomic E-state index is -0.437. The number of fused-ring (bicyclic) bond motifs is 1. The number of likely N-dealkylation sites (tertiary alicyclic amines) is 1. The third kappa shape index (κ3) is 5.75. The molecule has 7 heteroatoms. The molecule has 7 nitrogen and oxygen atoms in total. The quantitative estimate of drug-likeness (QED) is 0.684. The molecule has 3 aliphatic heterocycles. The second-order valence-electron chi connectivity index (χ2n) is 10.2. The lowest BCUT2D eigenvalue weighted by molar-refractivity contribution is -0.149. The molecule has 0 aliphatic carbocycles. The van der Waals surface area contributed by atoms with Gasteiger partial charge in [-0.15, -0.1) is 0 Å². The minimum absolute atomic E-state index is 0.0450. The maximum absolute atomic E-state index is 13.6. The molecule has 0 spiro atoms. The average Bonchev–Trinajstić information content (AvgIpc) is 2.83. The van der Waals surface area contributed by atoms with Gasteiger partial charge in [-0.25, -0.2) is 0 Å². The molecule has 1 aromatic rings. The molecular formula is C26H38N4O3. The van der Waals surface area contributed by atoms with Crippen molar-refractivity contribution in [3.05, 3.63) is 35.4 Å². The van der Waals surface area contributed by atoms with Crippen LogP contribution in [0, 0.1) is 5.92 Å². The summed E-state index contributed by atoms with van der Waals surface area (Å²) in [6.07, 6.45) is 4.45.